The van der Waals surface area contributed by atoms with Crippen molar-refractivity contribution in [1.29, 1.82) is 0 Å². The van der Waals surface area contributed by atoms with Crippen molar-refractivity contribution in [2.45, 2.75) is 33.1 Å². The molecule has 0 unspecified atom stereocenters. The van der Waals surface area contributed by atoms with E-state index in [1.807, 2.05) is 64.4 Å². The first-order chi connectivity index (χ1) is 17.3. The molecule has 0 spiro atoms. The third-order valence-electron chi connectivity index (χ3n) is 6.17. The molecule has 36 heavy (non-hydrogen) atoms. The van der Waals surface area contributed by atoms with Gasteiger partial charge in [-0.2, -0.15) is 0 Å². The van der Waals surface area contributed by atoms with Crippen LogP contribution in [0.5, 0.6) is 0 Å². The first-order valence-electron chi connectivity index (χ1n) is 12.0. The summed E-state index contributed by atoms with van der Waals surface area (Å²) in [4.78, 5) is 19.4. The van der Waals surface area contributed by atoms with Crippen molar-refractivity contribution in [3.8, 4) is 16.9 Å². The summed E-state index contributed by atoms with van der Waals surface area (Å²) in [5.74, 6) is 0.739. The number of hydrogen-bond acceptors (Lipinski definition) is 7. The second kappa shape index (κ2) is 9.58. The normalized spacial score (nSPS) is 14.2. The molecule has 186 valence electrons. The SMILES string of the molecule is Cc1ccc(NC(=O)c2ccc(C(C)(C)C)o2)cc1-n1cc(-c2cncc(N3CCOCC3)c2)nn1. The van der Waals surface area contributed by atoms with Crippen molar-refractivity contribution >= 4 is 17.3 Å². The van der Waals surface area contributed by atoms with Gasteiger partial charge >= 0.3 is 0 Å². The van der Waals surface area contributed by atoms with Gasteiger partial charge in [0.15, 0.2) is 5.76 Å². The summed E-state index contributed by atoms with van der Waals surface area (Å²) in [6, 6.07) is 11.3. The van der Waals surface area contributed by atoms with Crippen LogP contribution >= 0.6 is 0 Å². The molecule has 0 bridgehead atoms. The van der Waals surface area contributed by atoms with Crippen LogP contribution in [0.1, 0.15) is 42.6 Å². The number of carbonyl (C=O) groups is 1. The number of nitrogens with one attached hydrogen (secondary N) is 1. The zero-order valence-electron chi connectivity index (χ0n) is 21.0. The molecule has 9 heteroatoms. The zero-order valence-corrected chi connectivity index (χ0v) is 21.0. The number of rotatable bonds is 5. The number of amides is 1. The molecule has 9 nitrogen and oxygen atoms in total. The maximum absolute atomic E-state index is 12.8. The fraction of sp³-hybridized carbons (Fsp3) is 0.333. The zero-order chi connectivity index (χ0) is 25.3. The highest BCUT2D eigenvalue weighted by molar-refractivity contribution is 6.02. The number of furan rings is 1. The lowest BCUT2D eigenvalue weighted by Crippen LogP contribution is -2.36. The molecule has 3 aromatic heterocycles. The lowest BCUT2D eigenvalue weighted by molar-refractivity contribution is 0.0993. The van der Waals surface area contributed by atoms with E-state index in [4.69, 9.17) is 9.15 Å². The average Bonchev–Trinajstić information content (AvgIpc) is 3.57. The summed E-state index contributed by atoms with van der Waals surface area (Å²) >= 11 is 0. The Morgan fingerprint density at radius 2 is 1.86 bits per heavy atom. The van der Waals surface area contributed by atoms with Crippen LogP contribution in [0.4, 0.5) is 11.4 Å². The summed E-state index contributed by atoms with van der Waals surface area (Å²) in [7, 11) is 0. The number of benzene rings is 1. The fourth-order valence-corrected chi connectivity index (χ4v) is 4.07. The van der Waals surface area contributed by atoms with Gasteiger partial charge in [0, 0.05) is 36.0 Å². The summed E-state index contributed by atoms with van der Waals surface area (Å²) in [5, 5.41) is 11.7. The number of pyridine rings is 1. The van der Waals surface area contributed by atoms with E-state index in [2.05, 4.69) is 31.6 Å². The largest absolute Gasteiger partial charge is 0.455 e. The minimum atomic E-state index is -0.300. The van der Waals surface area contributed by atoms with Crippen LogP contribution < -0.4 is 10.2 Å². The van der Waals surface area contributed by atoms with E-state index in [0.29, 0.717) is 18.9 Å². The summed E-state index contributed by atoms with van der Waals surface area (Å²) < 4.78 is 12.9. The maximum atomic E-state index is 12.8. The Morgan fingerprint density at radius 3 is 2.61 bits per heavy atom. The number of aromatic nitrogens is 4. The standard InChI is InChI=1S/C27H30N6O3/c1-18-5-6-20(29-26(34)24-7-8-25(36-24)27(2,3)4)14-23(18)33-17-22(30-31-33)19-13-21(16-28-15-19)32-9-11-35-12-10-32/h5-8,13-17H,9-12H2,1-4H3,(H,29,34). The minimum Gasteiger partial charge on any atom is -0.455 e. The van der Waals surface area contributed by atoms with Gasteiger partial charge in [0.25, 0.3) is 5.91 Å². The molecule has 4 heterocycles. The van der Waals surface area contributed by atoms with E-state index < -0.39 is 0 Å². The van der Waals surface area contributed by atoms with Gasteiger partial charge in [-0.1, -0.05) is 32.1 Å². The first kappa shape index (κ1) is 23.7. The number of nitrogens with zero attached hydrogens (tertiary/aromatic N) is 5. The Labute approximate surface area is 210 Å². The van der Waals surface area contributed by atoms with Gasteiger partial charge in [0.2, 0.25) is 0 Å². The summed E-state index contributed by atoms with van der Waals surface area (Å²) in [6.45, 7) is 11.2. The van der Waals surface area contributed by atoms with E-state index in [9.17, 15) is 4.79 Å². The summed E-state index contributed by atoms with van der Waals surface area (Å²) in [6.07, 6.45) is 5.52. The van der Waals surface area contributed by atoms with Crippen molar-refractivity contribution in [2.75, 3.05) is 36.5 Å². The molecule has 1 aromatic carbocycles. The van der Waals surface area contributed by atoms with Gasteiger partial charge in [-0.15, -0.1) is 5.10 Å². The molecule has 1 amide bonds. The van der Waals surface area contributed by atoms with Gasteiger partial charge < -0.3 is 19.4 Å². The highest BCUT2D eigenvalue weighted by atomic mass is 16.5. The highest BCUT2D eigenvalue weighted by Crippen LogP contribution is 2.27. The van der Waals surface area contributed by atoms with Gasteiger partial charge in [-0.25, -0.2) is 4.68 Å². The molecule has 1 aliphatic heterocycles. The number of carbonyl (C=O) groups excluding carboxylic acids is 1. The molecule has 0 aliphatic carbocycles. The average molecular weight is 487 g/mol. The minimum absolute atomic E-state index is 0.169. The molecule has 1 saturated heterocycles. The van der Waals surface area contributed by atoms with Gasteiger partial charge in [0.1, 0.15) is 11.5 Å². The van der Waals surface area contributed by atoms with Gasteiger partial charge in [-0.05, 0) is 42.8 Å². The van der Waals surface area contributed by atoms with E-state index in [1.54, 1.807) is 16.9 Å². The fourth-order valence-electron chi connectivity index (χ4n) is 4.07. The Hall–Kier alpha value is -3.98. The van der Waals surface area contributed by atoms with Crippen LogP contribution in [-0.4, -0.2) is 52.2 Å². The molecular formula is C27H30N6O3. The highest BCUT2D eigenvalue weighted by Gasteiger charge is 2.21. The van der Waals surface area contributed by atoms with Crippen molar-refractivity contribution < 1.29 is 13.9 Å². The number of ether oxygens (including phenoxy) is 1. The topological polar surface area (TPSA) is 98.3 Å². The first-order valence-corrected chi connectivity index (χ1v) is 12.0. The molecule has 5 rings (SSSR count). The predicted octanol–water partition coefficient (Wildman–Crippen LogP) is 4.62. The Balaban J connectivity index is 1.36. The van der Waals surface area contributed by atoms with Crippen LogP contribution in [0.3, 0.4) is 0 Å². The van der Waals surface area contributed by atoms with E-state index >= 15 is 0 Å². The van der Waals surface area contributed by atoms with Crippen LogP contribution in [0.2, 0.25) is 0 Å². The molecule has 0 saturated carbocycles. The van der Waals surface area contributed by atoms with Crippen molar-refractivity contribution in [2.24, 2.45) is 0 Å². The Kier molecular flexibility index (Phi) is 6.32. The Morgan fingerprint density at radius 1 is 1.06 bits per heavy atom. The number of aryl methyl sites for hydroxylation is 1. The van der Waals surface area contributed by atoms with Crippen molar-refractivity contribution in [3.05, 3.63) is 72.1 Å². The molecule has 1 aliphatic rings. The lowest BCUT2D eigenvalue weighted by Gasteiger charge is -2.28. The van der Waals surface area contributed by atoms with Crippen molar-refractivity contribution in [3.63, 3.8) is 0 Å². The third-order valence-corrected chi connectivity index (χ3v) is 6.17. The monoisotopic (exact) mass is 486 g/mol. The summed E-state index contributed by atoms with van der Waals surface area (Å²) in [5.41, 5.74) is 4.94. The Bertz CT molecular complexity index is 1380. The second-order valence-electron chi connectivity index (χ2n) is 9.95. The quantitative estimate of drug-likeness (QED) is 0.440. The van der Waals surface area contributed by atoms with E-state index in [0.717, 1.165) is 47.0 Å². The van der Waals surface area contributed by atoms with Crippen LogP contribution in [0.15, 0.2) is 59.4 Å². The third kappa shape index (κ3) is 5.01. The molecule has 0 atom stereocenters. The molecular weight excluding hydrogens is 456 g/mol. The lowest BCUT2D eigenvalue weighted by atomic mass is 9.94. The second-order valence-corrected chi connectivity index (χ2v) is 9.95. The smallest absolute Gasteiger partial charge is 0.291 e. The number of hydrogen-bond donors (Lipinski definition) is 1. The number of anilines is 2. The van der Waals surface area contributed by atoms with E-state index in [1.165, 1.54) is 0 Å². The van der Waals surface area contributed by atoms with Gasteiger partial charge in [-0.3, -0.25) is 9.78 Å². The maximum Gasteiger partial charge on any atom is 0.291 e. The number of morpholine rings is 1. The van der Waals surface area contributed by atoms with Crippen LogP contribution in [0.25, 0.3) is 16.9 Å². The van der Waals surface area contributed by atoms with Crippen LogP contribution in [-0.2, 0) is 10.2 Å². The predicted molar refractivity (Wildman–Crippen MR) is 138 cm³/mol. The van der Waals surface area contributed by atoms with E-state index in [-0.39, 0.29) is 17.1 Å². The molecule has 0 radical (unpaired) electrons. The van der Waals surface area contributed by atoms with Crippen molar-refractivity contribution in [1.82, 2.24) is 20.0 Å². The van der Waals surface area contributed by atoms with Crippen LogP contribution in [0, 0.1) is 6.92 Å². The molecule has 4 aromatic rings. The van der Waals surface area contributed by atoms with Gasteiger partial charge in [0.05, 0.1) is 37.0 Å². The molecule has 1 N–H and O–H groups in total. The molecule has 1 fully saturated rings.